The fourth-order valence-electron chi connectivity index (χ4n) is 7.38. The van der Waals surface area contributed by atoms with Crippen molar-refractivity contribution in [3.63, 3.8) is 0 Å². The molecule has 0 spiro atoms. The van der Waals surface area contributed by atoms with Gasteiger partial charge in [0.15, 0.2) is 24.8 Å². The maximum absolute atomic E-state index is 14.3. The topological polar surface area (TPSA) is 222 Å². The van der Waals surface area contributed by atoms with E-state index in [1.807, 2.05) is 0 Å². The van der Waals surface area contributed by atoms with Crippen LogP contribution in [0.15, 0.2) is 120 Å². The van der Waals surface area contributed by atoms with Crippen LogP contribution in [0, 0.1) is 0 Å². The van der Waals surface area contributed by atoms with Crippen LogP contribution in [0.3, 0.4) is 0 Å². The number of aliphatic hydroxyl groups is 1. The van der Waals surface area contributed by atoms with Crippen LogP contribution in [0.5, 0.6) is 0 Å². The third kappa shape index (κ3) is 7.41. The monoisotopic (exact) mass is 790 g/mol. The molecule has 0 saturated carbocycles. The third-order valence-electron chi connectivity index (χ3n) is 10.2. The molecule has 4 aliphatic heterocycles. The van der Waals surface area contributed by atoms with Crippen LogP contribution in [-0.4, -0.2) is 114 Å². The first-order valence-electron chi connectivity index (χ1n) is 18.2. The summed E-state index contributed by atoms with van der Waals surface area (Å²) in [6, 6.07) is 26.7. The fourth-order valence-corrected chi connectivity index (χ4v) is 7.38. The lowest BCUT2D eigenvalue weighted by atomic mass is 9.93. The first-order chi connectivity index (χ1) is 28.2. The van der Waals surface area contributed by atoms with Crippen LogP contribution in [0.4, 0.5) is 0 Å². The molecule has 17 nitrogen and oxygen atoms in total. The molecular weight excluding hydrogens is 756 g/mol. The van der Waals surface area contributed by atoms with E-state index in [0.717, 1.165) is 4.90 Å². The summed E-state index contributed by atoms with van der Waals surface area (Å²) in [6.45, 7) is -0.746. The van der Waals surface area contributed by atoms with E-state index in [2.05, 4.69) is 10.0 Å². The van der Waals surface area contributed by atoms with E-state index < -0.39 is 97.6 Å². The maximum atomic E-state index is 14.3. The highest BCUT2D eigenvalue weighted by Crippen LogP contribution is 2.39. The summed E-state index contributed by atoms with van der Waals surface area (Å²) in [5.41, 5.74) is 9.66. The highest BCUT2D eigenvalue weighted by molar-refractivity contribution is 6.21. The van der Waals surface area contributed by atoms with Crippen LogP contribution in [-0.2, 0) is 33.2 Å². The quantitative estimate of drug-likeness (QED) is 0.0570. The van der Waals surface area contributed by atoms with Gasteiger partial charge in [-0.1, -0.05) is 71.8 Å². The number of rotatable bonds is 11. The number of benzene rings is 4. The number of hydrogen-bond acceptors (Lipinski definition) is 14. The van der Waals surface area contributed by atoms with Gasteiger partial charge in [0.05, 0.1) is 40.5 Å². The summed E-state index contributed by atoms with van der Waals surface area (Å²) in [5, 5.41) is 15.2. The van der Waals surface area contributed by atoms with Crippen LogP contribution < -0.4 is 0 Å². The van der Waals surface area contributed by atoms with Crippen molar-refractivity contribution in [1.29, 1.82) is 0 Å². The SMILES string of the molecule is [N-]=[N+]=N[C@H]1[C@@H]2OC[C@@H](O2)[C@@H](O[C@@H]2O[C@H](COC(=O)c3ccccc3)[C@@H](OC(=O)c3ccccc3)[C@H](OC(=O)c3ccccc3)[C@H]2N2C(=O)c3ccccc3C2=O)[C@@H]1O. The first-order valence-corrected chi connectivity index (χ1v) is 18.2. The van der Waals surface area contributed by atoms with Crippen LogP contribution in [0.2, 0.25) is 0 Å². The molecule has 2 bridgehead atoms. The molecule has 17 heteroatoms. The molecule has 2 amide bonds. The molecule has 3 saturated heterocycles. The van der Waals surface area contributed by atoms with Gasteiger partial charge in [0.2, 0.25) is 0 Å². The summed E-state index contributed by atoms with van der Waals surface area (Å²) in [4.78, 5) is 73.4. The van der Waals surface area contributed by atoms with E-state index in [0.29, 0.717) is 0 Å². The number of imide groups is 1. The number of aliphatic hydroxyl groups excluding tert-OH is 1. The number of carbonyl (C=O) groups excluding carboxylic acids is 5. The number of amides is 2. The number of azide groups is 1. The molecule has 296 valence electrons. The smallest absolute Gasteiger partial charge is 0.338 e. The summed E-state index contributed by atoms with van der Waals surface area (Å²) >= 11 is 0. The molecular formula is C41H34N4O13. The third-order valence-corrected chi connectivity index (χ3v) is 10.2. The Labute approximate surface area is 329 Å². The molecule has 4 aromatic carbocycles. The summed E-state index contributed by atoms with van der Waals surface area (Å²) in [6.07, 6.45) is -11.8. The van der Waals surface area contributed by atoms with Gasteiger partial charge in [-0.3, -0.25) is 14.5 Å². The van der Waals surface area contributed by atoms with Gasteiger partial charge in [-0.05, 0) is 54.1 Å². The summed E-state index contributed by atoms with van der Waals surface area (Å²) in [7, 11) is 0. The lowest BCUT2D eigenvalue weighted by Crippen LogP contribution is -2.69. The minimum absolute atomic E-state index is 0.0209. The first kappa shape index (κ1) is 38.4. The highest BCUT2D eigenvalue weighted by atomic mass is 16.8. The molecule has 0 unspecified atom stereocenters. The van der Waals surface area contributed by atoms with Gasteiger partial charge in [0.1, 0.15) is 37.0 Å². The van der Waals surface area contributed by atoms with Gasteiger partial charge in [-0.2, -0.15) is 0 Å². The Hall–Kier alpha value is -6.46. The van der Waals surface area contributed by atoms with Crippen molar-refractivity contribution in [2.45, 2.75) is 61.3 Å². The Morgan fingerprint density at radius 3 is 1.79 bits per heavy atom. The van der Waals surface area contributed by atoms with E-state index in [1.54, 1.807) is 66.7 Å². The Bertz CT molecular complexity index is 2210. The van der Waals surface area contributed by atoms with Gasteiger partial charge in [0, 0.05) is 4.91 Å². The summed E-state index contributed by atoms with van der Waals surface area (Å²) in [5.74, 6) is -4.26. The average molecular weight is 791 g/mol. The minimum atomic E-state index is -1.81. The highest BCUT2D eigenvalue weighted by Gasteiger charge is 2.60. The Morgan fingerprint density at radius 2 is 1.24 bits per heavy atom. The van der Waals surface area contributed by atoms with Gasteiger partial charge in [-0.15, -0.1) is 0 Å². The maximum Gasteiger partial charge on any atom is 0.338 e. The van der Waals surface area contributed by atoms with Gasteiger partial charge in [-0.25, -0.2) is 14.4 Å². The van der Waals surface area contributed by atoms with E-state index in [1.165, 1.54) is 48.5 Å². The van der Waals surface area contributed by atoms with Crippen molar-refractivity contribution in [3.05, 3.63) is 154 Å². The zero-order valence-electron chi connectivity index (χ0n) is 30.3. The number of esters is 3. The van der Waals surface area contributed by atoms with Crippen molar-refractivity contribution in [2.75, 3.05) is 13.2 Å². The second-order valence-corrected chi connectivity index (χ2v) is 13.7. The predicted octanol–water partition coefficient (Wildman–Crippen LogP) is 3.86. The molecule has 0 radical (unpaired) electrons. The van der Waals surface area contributed by atoms with Crippen molar-refractivity contribution < 1.29 is 62.2 Å². The van der Waals surface area contributed by atoms with Crippen LogP contribution >= 0.6 is 0 Å². The number of ether oxygens (including phenoxy) is 7. The molecule has 10 atom stereocenters. The normalized spacial score (nSPS) is 28.5. The molecule has 0 aliphatic carbocycles. The largest absolute Gasteiger partial charge is 0.459 e. The molecule has 1 N–H and O–H groups in total. The second-order valence-electron chi connectivity index (χ2n) is 13.7. The number of nitrogens with zero attached hydrogens (tertiary/aromatic N) is 4. The molecule has 8 rings (SSSR count). The minimum Gasteiger partial charge on any atom is -0.459 e. The predicted molar refractivity (Wildman–Crippen MR) is 196 cm³/mol. The number of fused-ring (bicyclic) bond motifs is 3. The zero-order valence-corrected chi connectivity index (χ0v) is 30.3. The van der Waals surface area contributed by atoms with Gasteiger partial charge >= 0.3 is 17.9 Å². The van der Waals surface area contributed by atoms with Crippen molar-refractivity contribution in [1.82, 2.24) is 4.90 Å². The summed E-state index contributed by atoms with van der Waals surface area (Å²) < 4.78 is 42.4. The fraction of sp³-hybridized carbons (Fsp3) is 0.293. The van der Waals surface area contributed by atoms with Crippen LogP contribution in [0.1, 0.15) is 51.8 Å². The molecule has 3 fully saturated rings. The molecule has 4 heterocycles. The Kier molecular flexibility index (Phi) is 11.0. The van der Waals surface area contributed by atoms with Crippen LogP contribution in [0.25, 0.3) is 10.4 Å². The standard InChI is InChI=1S/C41H34N4O13/c42-44-43-29-31(46)32(27-21-53-40(29)54-27)58-41-30(45-35(47)25-18-10-11-19-26(25)36(45)48)34(57-39(51)24-16-8-3-9-17-24)33(56-38(50)23-14-6-2-7-15-23)28(55-41)20-52-37(49)22-12-4-1-5-13-22/h1-19,27-34,40-41,46H,20-21H2/t27-,28-,29-,30-,31-,32-,33-,34-,40-,41+/m1/s1. The second kappa shape index (κ2) is 16.6. The molecule has 4 aromatic rings. The molecule has 58 heavy (non-hydrogen) atoms. The Balaban J connectivity index is 1.25. The van der Waals surface area contributed by atoms with E-state index in [4.69, 9.17) is 33.2 Å². The van der Waals surface area contributed by atoms with Gasteiger partial charge < -0.3 is 38.3 Å². The van der Waals surface area contributed by atoms with E-state index >= 15 is 0 Å². The zero-order chi connectivity index (χ0) is 40.3. The number of carbonyl (C=O) groups is 5. The van der Waals surface area contributed by atoms with Crippen molar-refractivity contribution >= 4 is 29.7 Å². The molecule has 4 aliphatic rings. The Morgan fingerprint density at radius 1 is 0.724 bits per heavy atom. The van der Waals surface area contributed by atoms with Crippen molar-refractivity contribution in [3.8, 4) is 0 Å². The van der Waals surface area contributed by atoms with E-state index in [-0.39, 0.29) is 34.4 Å². The van der Waals surface area contributed by atoms with Gasteiger partial charge in [0.25, 0.3) is 11.8 Å². The molecule has 0 aromatic heterocycles. The average Bonchev–Trinajstić information content (AvgIpc) is 3.81. The number of hydrogen-bond donors (Lipinski definition) is 1. The van der Waals surface area contributed by atoms with E-state index in [9.17, 15) is 34.6 Å². The lowest BCUT2D eigenvalue weighted by Gasteiger charge is -2.49. The van der Waals surface area contributed by atoms with Crippen molar-refractivity contribution in [2.24, 2.45) is 5.11 Å². The lowest BCUT2D eigenvalue weighted by molar-refractivity contribution is -0.313.